The lowest BCUT2D eigenvalue weighted by Gasteiger charge is -2.33. The second-order valence-corrected chi connectivity index (χ2v) is 10.6. The second-order valence-electron chi connectivity index (χ2n) is 9.12. The third-order valence-electron chi connectivity index (χ3n) is 5.91. The number of carbonyl (C=O) groups is 1. The van der Waals surface area contributed by atoms with Gasteiger partial charge in [-0.3, -0.25) is 4.79 Å². The molecule has 2 aromatic carbocycles. The number of fused-ring (bicyclic) bond motifs is 1. The summed E-state index contributed by atoms with van der Waals surface area (Å²) in [5.41, 5.74) is 3.82. The number of halogens is 1. The van der Waals surface area contributed by atoms with Gasteiger partial charge in [0.1, 0.15) is 5.00 Å². The molecule has 1 aliphatic rings. The van der Waals surface area contributed by atoms with E-state index in [1.165, 1.54) is 4.88 Å². The van der Waals surface area contributed by atoms with Crippen molar-refractivity contribution in [1.29, 1.82) is 0 Å². The van der Waals surface area contributed by atoms with Gasteiger partial charge in [0.25, 0.3) is 5.91 Å². The average molecular weight is 451 g/mol. The Morgan fingerprint density at radius 1 is 1.16 bits per heavy atom. The van der Waals surface area contributed by atoms with E-state index in [2.05, 4.69) is 26.1 Å². The summed E-state index contributed by atoms with van der Waals surface area (Å²) >= 11 is 7.76. The highest BCUT2D eigenvalue weighted by Gasteiger charge is 2.33. The maximum Gasteiger partial charge on any atom is 0.259 e. The van der Waals surface area contributed by atoms with E-state index in [0.717, 1.165) is 35.4 Å². The zero-order valence-corrected chi connectivity index (χ0v) is 19.7. The number of nitrogens with one attached hydrogen (secondary N) is 1. The Labute approximate surface area is 193 Å². The lowest BCUT2D eigenvalue weighted by Crippen LogP contribution is -2.27. The highest BCUT2D eigenvalue weighted by Crippen LogP contribution is 2.45. The van der Waals surface area contributed by atoms with Crippen molar-refractivity contribution in [1.82, 2.24) is 0 Å². The van der Waals surface area contributed by atoms with Gasteiger partial charge in [-0.05, 0) is 59.9 Å². The van der Waals surface area contributed by atoms with Crippen LogP contribution in [0, 0.1) is 11.3 Å². The molecule has 0 saturated carbocycles. The van der Waals surface area contributed by atoms with Crippen LogP contribution in [0.15, 0.2) is 59.6 Å². The van der Waals surface area contributed by atoms with Gasteiger partial charge in [-0.1, -0.05) is 68.8 Å². The molecule has 1 atom stereocenters. The number of hydrogen-bond acceptors (Lipinski definition) is 3. The Morgan fingerprint density at radius 3 is 2.65 bits per heavy atom. The van der Waals surface area contributed by atoms with Crippen LogP contribution < -0.4 is 5.32 Å². The van der Waals surface area contributed by atoms with Crippen LogP contribution in [0.2, 0.25) is 5.02 Å². The molecule has 0 aliphatic heterocycles. The van der Waals surface area contributed by atoms with Crippen LogP contribution in [-0.4, -0.2) is 12.1 Å². The van der Waals surface area contributed by atoms with E-state index in [1.807, 2.05) is 48.7 Å². The van der Waals surface area contributed by atoms with Crippen LogP contribution in [0.5, 0.6) is 0 Å². The number of thiophene rings is 1. The second kappa shape index (κ2) is 8.97. The zero-order valence-electron chi connectivity index (χ0n) is 18.1. The predicted molar refractivity (Wildman–Crippen MR) is 132 cm³/mol. The molecule has 0 unspecified atom stereocenters. The number of rotatable bonds is 4. The number of amides is 1. The van der Waals surface area contributed by atoms with Gasteiger partial charge in [0.05, 0.1) is 5.56 Å². The molecule has 0 radical (unpaired) electrons. The van der Waals surface area contributed by atoms with Crippen molar-refractivity contribution in [3.63, 3.8) is 0 Å². The number of benzene rings is 2. The molecular formula is C26H27ClN2OS. The fourth-order valence-corrected chi connectivity index (χ4v) is 5.53. The van der Waals surface area contributed by atoms with E-state index in [9.17, 15) is 4.79 Å². The molecule has 1 heterocycles. The van der Waals surface area contributed by atoms with Gasteiger partial charge >= 0.3 is 0 Å². The molecule has 0 bridgehead atoms. The maximum absolute atomic E-state index is 13.3. The van der Waals surface area contributed by atoms with Crippen LogP contribution in [0.3, 0.4) is 0 Å². The summed E-state index contributed by atoms with van der Waals surface area (Å²) in [5.74, 6) is 0.489. The van der Waals surface area contributed by atoms with Gasteiger partial charge in [-0.25, -0.2) is 4.99 Å². The average Bonchev–Trinajstić information content (AvgIpc) is 3.10. The molecule has 1 aromatic heterocycles. The first-order valence-electron chi connectivity index (χ1n) is 10.6. The first kappa shape index (κ1) is 21.8. The minimum absolute atomic E-state index is 0.116. The van der Waals surface area contributed by atoms with Crippen molar-refractivity contribution < 1.29 is 4.79 Å². The molecule has 160 valence electrons. The third-order valence-corrected chi connectivity index (χ3v) is 7.31. The number of anilines is 1. The van der Waals surface area contributed by atoms with Crippen molar-refractivity contribution in [3.8, 4) is 0 Å². The van der Waals surface area contributed by atoms with Crippen LogP contribution in [-0.2, 0) is 12.8 Å². The molecule has 0 spiro atoms. The van der Waals surface area contributed by atoms with Gasteiger partial charge in [0.15, 0.2) is 0 Å². The van der Waals surface area contributed by atoms with E-state index < -0.39 is 0 Å². The summed E-state index contributed by atoms with van der Waals surface area (Å²) in [6.07, 6.45) is 4.84. The Bertz CT molecular complexity index is 1110. The summed E-state index contributed by atoms with van der Waals surface area (Å²) in [4.78, 5) is 19.4. The summed E-state index contributed by atoms with van der Waals surface area (Å²) in [6, 6.07) is 17.2. The predicted octanol–water partition coefficient (Wildman–Crippen LogP) is 7.56. The van der Waals surface area contributed by atoms with E-state index in [-0.39, 0.29) is 11.3 Å². The van der Waals surface area contributed by atoms with Crippen LogP contribution in [0.25, 0.3) is 0 Å². The zero-order chi connectivity index (χ0) is 22.0. The maximum atomic E-state index is 13.3. The molecule has 4 rings (SSSR count). The van der Waals surface area contributed by atoms with Crippen LogP contribution in [0.1, 0.15) is 53.6 Å². The van der Waals surface area contributed by atoms with E-state index in [0.29, 0.717) is 22.2 Å². The highest BCUT2D eigenvalue weighted by atomic mass is 35.5. The fraction of sp³-hybridized carbons (Fsp3) is 0.308. The number of carbonyl (C=O) groups excluding carboxylic acids is 1. The number of nitrogens with zero attached hydrogens (tertiary/aromatic N) is 1. The van der Waals surface area contributed by atoms with Gasteiger partial charge < -0.3 is 5.32 Å². The Morgan fingerprint density at radius 2 is 1.94 bits per heavy atom. The molecule has 0 fully saturated rings. The Kier molecular flexibility index (Phi) is 6.31. The smallest absolute Gasteiger partial charge is 0.259 e. The number of hydrogen-bond donors (Lipinski definition) is 1. The standard InChI is InChI=1S/C26H27ClN2OS/c1-26(2,3)18-12-13-21-22(14-18)31-25(28-16-17-8-5-4-6-9-17)23(21)24(30)29-20-11-7-10-19(27)15-20/h4-11,15-16,18H,12-14H2,1-3H3,(H,29,30)/t18-/m1/s1. The molecule has 31 heavy (non-hydrogen) atoms. The molecule has 1 N–H and O–H groups in total. The number of aliphatic imine (C=N–C) groups is 1. The summed E-state index contributed by atoms with van der Waals surface area (Å²) < 4.78 is 0. The van der Waals surface area contributed by atoms with Crippen LogP contribution in [0.4, 0.5) is 10.7 Å². The van der Waals surface area contributed by atoms with Crippen molar-refractivity contribution in [2.45, 2.75) is 40.0 Å². The summed E-state index contributed by atoms with van der Waals surface area (Å²) in [5, 5.41) is 4.40. The van der Waals surface area contributed by atoms with Crippen molar-refractivity contribution in [3.05, 3.63) is 81.2 Å². The first-order chi connectivity index (χ1) is 14.8. The largest absolute Gasteiger partial charge is 0.322 e. The molecular weight excluding hydrogens is 424 g/mol. The van der Waals surface area contributed by atoms with Gasteiger partial charge in [-0.15, -0.1) is 11.3 Å². The molecule has 3 nitrogen and oxygen atoms in total. The highest BCUT2D eigenvalue weighted by molar-refractivity contribution is 7.16. The van der Waals surface area contributed by atoms with Crippen LogP contribution >= 0.6 is 22.9 Å². The Hall–Kier alpha value is -2.43. The minimum atomic E-state index is -0.116. The lowest BCUT2D eigenvalue weighted by molar-refractivity contribution is 0.102. The van der Waals surface area contributed by atoms with Gasteiger partial charge in [0, 0.05) is 21.8 Å². The topological polar surface area (TPSA) is 41.5 Å². The van der Waals surface area contributed by atoms with E-state index in [1.54, 1.807) is 23.5 Å². The monoisotopic (exact) mass is 450 g/mol. The Balaban J connectivity index is 1.70. The molecule has 3 aromatic rings. The van der Waals surface area contributed by atoms with Crippen molar-refractivity contribution >= 4 is 45.7 Å². The molecule has 5 heteroatoms. The minimum Gasteiger partial charge on any atom is -0.322 e. The molecule has 1 amide bonds. The molecule has 1 aliphatic carbocycles. The first-order valence-corrected chi connectivity index (χ1v) is 11.8. The van der Waals surface area contributed by atoms with Crippen molar-refractivity contribution in [2.24, 2.45) is 16.3 Å². The van der Waals surface area contributed by atoms with E-state index in [4.69, 9.17) is 16.6 Å². The normalized spacial score (nSPS) is 16.3. The summed E-state index contributed by atoms with van der Waals surface area (Å²) in [6.45, 7) is 6.91. The van der Waals surface area contributed by atoms with Crippen molar-refractivity contribution in [2.75, 3.05) is 5.32 Å². The summed E-state index contributed by atoms with van der Waals surface area (Å²) in [7, 11) is 0. The SMILES string of the molecule is CC(C)(C)[C@@H]1CCc2c(sc(N=Cc3ccccc3)c2C(=O)Nc2cccc(Cl)c2)C1. The third kappa shape index (κ3) is 5.08. The van der Waals surface area contributed by atoms with E-state index >= 15 is 0 Å². The van der Waals surface area contributed by atoms with Gasteiger partial charge in [0.2, 0.25) is 0 Å². The lowest BCUT2D eigenvalue weighted by atomic mass is 9.72. The quantitative estimate of drug-likeness (QED) is 0.409. The fourth-order valence-electron chi connectivity index (χ4n) is 4.07. The van der Waals surface area contributed by atoms with Gasteiger partial charge in [-0.2, -0.15) is 0 Å². The molecule has 0 saturated heterocycles.